The number of halogens is 4. The van der Waals surface area contributed by atoms with Crippen molar-refractivity contribution in [1.82, 2.24) is 0 Å². The van der Waals surface area contributed by atoms with E-state index in [-0.39, 0.29) is 11.5 Å². The molecule has 0 spiro atoms. The van der Waals surface area contributed by atoms with E-state index >= 15 is 0 Å². The van der Waals surface area contributed by atoms with E-state index in [4.69, 9.17) is 0 Å². The van der Waals surface area contributed by atoms with Crippen molar-refractivity contribution in [3.63, 3.8) is 0 Å². The summed E-state index contributed by atoms with van der Waals surface area (Å²) in [4.78, 5) is 0. The molecule has 0 aromatic heterocycles. The lowest BCUT2D eigenvalue weighted by molar-refractivity contribution is 0.302. The highest BCUT2D eigenvalue weighted by atomic mass is 19.3. The SMILES string of the molecule is CCCCCCCC1CCC(c2ccc3c(F)c(C=C(F)F)c(F)cc3c2)CC1. The van der Waals surface area contributed by atoms with Crippen LogP contribution >= 0.6 is 0 Å². The minimum absolute atomic E-state index is 0.184. The van der Waals surface area contributed by atoms with Gasteiger partial charge < -0.3 is 0 Å². The van der Waals surface area contributed by atoms with Crippen molar-refractivity contribution in [2.45, 2.75) is 77.0 Å². The second-order valence-corrected chi connectivity index (χ2v) is 8.42. The summed E-state index contributed by atoms with van der Waals surface area (Å²) in [5, 5.41) is 0.621. The Morgan fingerprint density at radius 2 is 1.69 bits per heavy atom. The van der Waals surface area contributed by atoms with E-state index in [0.29, 0.717) is 11.3 Å². The molecule has 0 saturated heterocycles. The number of rotatable bonds is 8. The molecule has 0 N–H and O–H groups in total. The van der Waals surface area contributed by atoms with Gasteiger partial charge in [-0.1, -0.05) is 63.6 Å². The van der Waals surface area contributed by atoms with Gasteiger partial charge in [0, 0.05) is 11.5 Å². The third-order valence-electron chi connectivity index (χ3n) is 6.38. The number of benzene rings is 2. The highest BCUT2D eigenvalue weighted by Gasteiger charge is 2.23. The minimum Gasteiger partial charge on any atom is -0.206 e. The number of hydrogen-bond acceptors (Lipinski definition) is 0. The van der Waals surface area contributed by atoms with Gasteiger partial charge in [0.25, 0.3) is 6.08 Å². The summed E-state index contributed by atoms with van der Waals surface area (Å²) in [7, 11) is 0. The molecule has 1 fully saturated rings. The van der Waals surface area contributed by atoms with Gasteiger partial charge in [0.15, 0.2) is 0 Å². The molecular weight excluding hydrogens is 376 g/mol. The van der Waals surface area contributed by atoms with E-state index in [2.05, 4.69) is 6.92 Å². The Morgan fingerprint density at radius 3 is 2.38 bits per heavy atom. The number of unbranched alkanes of at least 4 members (excludes halogenated alkanes) is 4. The molecule has 158 valence electrons. The minimum atomic E-state index is -2.11. The lowest BCUT2D eigenvalue weighted by atomic mass is 9.76. The Bertz CT molecular complexity index is 844. The maximum Gasteiger partial charge on any atom is 0.271 e. The average Bonchev–Trinajstić information content (AvgIpc) is 2.71. The highest BCUT2D eigenvalue weighted by Crippen LogP contribution is 2.39. The summed E-state index contributed by atoms with van der Waals surface area (Å²) in [6, 6.07) is 6.47. The summed E-state index contributed by atoms with van der Waals surface area (Å²) in [5.74, 6) is -0.671. The molecule has 3 rings (SSSR count). The quantitative estimate of drug-likeness (QED) is 0.303. The normalized spacial score (nSPS) is 19.5. The zero-order chi connectivity index (χ0) is 20.8. The van der Waals surface area contributed by atoms with Crippen LogP contribution < -0.4 is 0 Å². The van der Waals surface area contributed by atoms with Crippen LogP contribution in [0.3, 0.4) is 0 Å². The Hall–Kier alpha value is -1.84. The van der Waals surface area contributed by atoms with Crippen molar-refractivity contribution < 1.29 is 17.6 Å². The van der Waals surface area contributed by atoms with Crippen molar-refractivity contribution in [2.24, 2.45) is 5.92 Å². The van der Waals surface area contributed by atoms with Crippen LogP contribution in [-0.4, -0.2) is 0 Å². The van der Waals surface area contributed by atoms with Crippen molar-refractivity contribution in [2.75, 3.05) is 0 Å². The second kappa shape index (κ2) is 10.3. The lowest BCUT2D eigenvalue weighted by Gasteiger charge is -2.29. The topological polar surface area (TPSA) is 0 Å². The van der Waals surface area contributed by atoms with E-state index in [1.54, 1.807) is 6.07 Å². The van der Waals surface area contributed by atoms with E-state index < -0.39 is 23.3 Å². The van der Waals surface area contributed by atoms with Crippen LogP contribution in [0.2, 0.25) is 0 Å². The number of fused-ring (bicyclic) bond motifs is 1. The molecule has 0 atom stereocenters. The fraction of sp³-hybridized carbons (Fsp3) is 0.520. The fourth-order valence-electron chi connectivity index (χ4n) is 4.68. The molecule has 2 aromatic carbocycles. The maximum atomic E-state index is 14.5. The monoisotopic (exact) mass is 406 g/mol. The van der Waals surface area contributed by atoms with Gasteiger partial charge in [-0.2, -0.15) is 8.78 Å². The number of hydrogen-bond donors (Lipinski definition) is 0. The Balaban J connectivity index is 1.65. The molecule has 1 aliphatic rings. The molecule has 2 aromatic rings. The Labute approximate surface area is 171 Å². The first-order valence-corrected chi connectivity index (χ1v) is 10.9. The molecule has 29 heavy (non-hydrogen) atoms. The van der Waals surface area contributed by atoms with Gasteiger partial charge in [0.2, 0.25) is 0 Å². The van der Waals surface area contributed by atoms with E-state index in [0.717, 1.165) is 24.3 Å². The standard InChI is InChI=1S/C25H30F4/c1-2-3-4-5-6-7-17-8-10-18(11-9-17)19-12-13-21-20(14-19)15-23(26)22(25(21)29)16-24(27)28/h12-18H,2-11H2,1H3. The highest BCUT2D eigenvalue weighted by molar-refractivity contribution is 5.86. The zero-order valence-corrected chi connectivity index (χ0v) is 17.1. The molecule has 0 unspecified atom stereocenters. The molecule has 0 aliphatic heterocycles. The molecule has 1 saturated carbocycles. The van der Waals surface area contributed by atoms with Gasteiger partial charge >= 0.3 is 0 Å². The van der Waals surface area contributed by atoms with Gasteiger partial charge in [-0.3, -0.25) is 0 Å². The first kappa shape index (κ1) is 21.9. The molecule has 0 bridgehead atoms. The summed E-state index contributed by atoms with van der Waals surface area (Å²) >= 11 is 0. The van der Waals surface area contributed by atoms with Crippen LogP contribution in [-0.2, 0) is 0 Å². The van der Waals surface area contributed by atoms with Crippen LogP contribution in [0.1, 0.15) is 88.2 Å². The van der Waals surface area contributed by atoms with Crippen LogP contribution in [0.15, 0.2) is 30.3 Å². The maximum absolute atomic E-state index is 14.5. The van der Waals surface area contributed by atoms with Crippen LogP contribution in [0, 0.1) is 17.6 Å². The second-order valence-electron chi connectivity index (χ2n) is 8.42. The van der Waals surface area contributed by atoms with Crippen molar-refractivity contribution in [3.05, 3.63) is 53.1 Å². The first-order valence-electron chi connectivity index (χ1n) is 10.9. The Kier molecular flexibility index (Phi) is 7.74. The molecule has 1 aliphatic carbocycles. The molecule has 0 nitrogen and oxygen atoms in total. The van der Waals surface area contributed by atoms with Gasteiger partial charge in [-0.25, -0.2) is 8.78 Å². The summed E-state index contributed by atoms with van der Waals surface area (Å²) in [6.45, 7) is 2.23. The summed E-state index contributed by atoms with van der Waals surface area (Å²) in [5.41, 5.74) is 0.419. The molecule has 0 radical (unpaired) electrons. The van der Waals surface area contributed by atoms with Gasteiger partial charge in [0.05, 0.1) is 5.56 Å². The Morgan fingerprint density at radius 1 is 0.966 bits per heavy atom. The van der Waals surface area contributed by atoms with Crippen molar-refractivity contribution >= 4 is 16.8 Å². The molecule has 0 heterocycles. The van der Waals surface area contributed by atoms with Crippen LogP contribution in [0.5, 0.6) is 0 Å². The fourth-order valence-corrected chi connectivity index (χ4v) is 4.68. The third-order valence-corrected chi connectivity index (χ3v) is 6.38. The van der Waals surface area contributed by atoms with Crippen LogP contribution in [0.4, 0.5) is 17.6 Å². The largest absolute Gasteiger partial charge is 0.271 e. The predicted molar refractivity (Wildman–Crippen MR) is 112 cm³/mol. The molecule has 0 amide bonds. The smallest absolute Gasteiger partial charge is 0.206 e. The zero-order valence-electron chi connectivity index (χ0n) is 17.1. The van der Waals surface area contributed by atoms with Gasteiger partial charge in [-0.05, 0) is 54.5 Å². The van der Waals surface area contributed by atoms with Crippen molar-refractivity contribution in [3.8, 4) is 0 Å². The van der Waals surface area contributed by atoms with Gasteiger partial charge in [-0.15, -0.1) is 0 Å². The summed E-state index contributed by atoms with van der Waals surface area (Å²) in [6.07, 6.45) is 10.7. The van der Waals surface area contributed by atoms with Crippen molar-refractivity contribution in [1.29, 1.82) is 0 Å². The van der Waals surface area contributed by atoms with E-state index in [1.165, 1.54) is 57.4 Å². The predicted octanol–water partition coefficient (Wildman–Crippen LogP) is 8.99. The first-order chi connectivity index (χ1) is 14.0. The van der Waals surface area contributed by atoms with Crippen LogP contribution in [0.25, 0.3) is 16.8 Å². The van der Waals surface area contributed by atoms with Gasteiger partial charge in [0.1, 0.15) is 11.6 Å². The molecular formula is C25H30F4. The summed E-state index contributed by atoms with van der Waals surface area (Å²) < 4.78 is 53.6. The van der Waals surface area contributed by atoms with E-state index in [1.807, 2.05) is 12.1 Å². The lowest BCUT2D eigenvalue weighted by Crippen LogP contribution is -2.13. The molecule has 4 heteroatoms. The van der Waals surface area contributed by atoms with E-state index in [9.17, 15) is 17.6 Å². The average molecular weight is 407 g/mol. The third kappa shape index (κ3) is 5.61.